The van der Waals surface area contributed by atoms with Gasteiger partial charge in [0.25, 0.3) is 5.56 Å². The van der Waals surface area contributed by atoms with Gasteiger partial charge >= 0.3 is 0 Å². The Balaban J connectivity index is 1.33. The van der Waals surface area contributed by atoms with Gasteiger partial charge in [-0.15, -0.1) is 0 Å². The fourth-order valence-corrected chi connectivity index (χ4v) is 8.10. The van der Waals surface area contributed by atoms with Crippen molar-refractivity contribution in [2.45, 2.75) is 25.5 Å². The maximum absolute atomic E-state index is 14.0. The summed E-state index contributed by atoms with van der Waals surface area (Å²) in [6, 6.07) is 28.3. The molecule has 2 heterocycles. The van der Waals surface area contributed by atoms with E-state index in [1.165, 1.54) is 29.0 Å². The smallest absolute Gasteiger partial charge is 0.271 e. The lowest BCUT2D eigenvalue weighted by Gasteiger charge is -2.30. The van der Waals surface area contributed by atoms with Crippen molar-refractivity contribution >= 4 is 55.0 Å². The van der Waals surface area contributed by atoms with E-state index in [0.29, 0.717) is 21.7 Å². The van der Waals surface area contributed by atoms with Crippen molar-refractivity contribution < 1.29 is 9.13 Å². The molecule has 1 aliphatic carbocycles. The maximum atomic E-state index is 14.0. The van der Waals surface area contributed by atoms with Crippen LogP contribution in [-0.2, 0) is 13.0 Å². The van der Waals surface area contributed by atoms with Crippen LogP contribution in [0.3, 0.4) is 0 Å². The molecule has 0 saturated carbocycles. The van der Waals surface area contributed by atoms with Gasteiger partial charge < -0.3 is 4.74 Å². The van der Waals surface area contributed by atoms with E-state index in [1.807, 2.05) is 60.7 Å². The first-order valence-corrected chi connectivity index (χ1v) is 15.9. The number of aromatic nitrogens is 1. The van der Waals surface area contributed by atoms with Crippen LogP contribution >= 0.6 is 43.2 Å². The second kappa shape index (κ2) is 11.2. The van der Waals surface area contributed by atoms with Crippen LogP contribution < -0.4 is 19.6 Å². The normalized spacial score (nSPS) is 16.0. The van der Waals surface area contributed by atoms with Crippen LogP contribution in [0, 0.1) is 5.82 Å². The van der Waals surface area contributed by atoms with Gasteiger partial charge in [-0.05, 0) is 103 Å². The molecule has 208 valence electrons. The summed E-state index contributed by atoms with van der Waals surface area (Å²) in [6.07, 6.45) is 3.54. The van der Waals surface area contributed by atoms with Crippen molar-refractivity contribution in [3.05, 3.63) is 159 Å². The fourth-order valence-electron chi connectivity index (χ4n) is 5.65. The van der Waals surface area contributed by atoms with Gasteiger partial charge in [0, 0.05) is 5.56 Å². The predicted octanol–water partition coefficient (Wildman–Crippen LogP) is 7.56. The number of benzene rings is 4. The molecule has 0 N–H and O–H groups in total. The number of nitrogens with zero attached hydrogens (tertiary/aromatic N) is 2. The van der Waals surface area contributed by atoms with E-state index >= 15 is 0 Å². The molecular weight excluding hydrogens is 679 g/mol. The summed E-state index contributed by atoms with van der Waals surface area (Å²) in [5, 5.41) is 0. The summed E-state index contributed by atoms with van der Waals surface area (Å²) in [4.78, 5) is 19.7. The fraction of sp³-hybridized carbons (Fsp3) is 0.118. The minimum atomic E-state index is -0.348. The molecule has 1 aliphatic heterocycles. The number of hydrogen-bond donors (Lipinski definition) is 0. The van der Waals surface area contributed by atoms with E-state index in [1.54, 1.807) is 16.7 Å². The number of ether oxygens (including phenoxy) is 1. The topological polar surface area (TPSA) is 43.6 Å². The molecule has 0 unspecified atom stereocenters. The van der Waals surface area contributed by atoms with Gasteiger partial charge in [0.1, 0.15) is 18.2 Å². The molecule has 1 aromatic heterocycles. The third-order valence-electron chi connectivity index (χ3n) is 7.60. The van der Waals surface area contributed by atoms with Gasteiger partial charge in [0.05, 0.1) is 25.2 Å². The molecule has 8 heteroatoms. The highest BCUT2D eigenvalue weighted by Crippen LogP contribution is 2.41. The van der Waals surface area contributed by atoms with E-state index in [2.05, 4.69) is 44.0 Å². The second-order valence-electron chi connectivity index (χ2n) is 10.3. The lowest BCUT2D eigenvalue weighted by molar-refractivity contribution is 0.302. The standard InChI is InChI=1S/C34H23Br2FN2O2S/c35-27-16-21(17-28(36)32(27)41-19-20-6-2-1-3-7-20)18-29-33(40)39-31(23-10-13-24(37)14-11-23)26-15-12-22-8-4-5-9-25(22)30(26)38-34(39)42-29/h1-11,13-14,16-18,31H,12,15,19H2/b29-18-/t31-/m1/s1. The van der Waals surface area contributed by atoms with Crippen LogP contribution in [0.1, 0.15) is 40.3 Å². The highest BCUT2D eigenvalue weighted by molar-refractivity contribution is 9.11. The van der Waals surface area contributed by atoms with Crippen LogP contribution in [0.2, 0.25) is 0 Å². The van der Waals surface area contributed by atoms with Gasteiger partial charge in [-0.1, -0.05) is 78.1 Å². The van der Waals surface area contributed by atoms with Crippen LogP contribution in [0.25, 0.3) is 11.8 Å². The van der Waals surface area contributed by atoms with E-state index in [9.17, 15) is 9.18 Å². The average molecular weight is 702 g/mol. The Labute approximate surface area is 262 Å². The van der Waals surface area contributed by atoms with E-state index < -0.39 is 0 Å². The Morgan fingerprint density at radius 2 is 1.67 bits per heavy atom. The number of allylic oxidation sites excluding steroid dienone is 1. The molecule has 5 aromatic rings. The Kier molecular flexibility index (Phi) is 7.30. The molecule has 0 amide bonds. The summed E-state index contributed by atoms with van der Waals surface area (Å²) in [7, 11) is 0. The number of halogens is 3. The molecule has 4 nitrogen and oxygen atoms in total. The zero-order valence-corrected chi connectivity index (χ0v) is 26.2. The number of fused-ring (bicyclic) bond motifs is 3. The number of rotatable bonds is 5. The van der Waals surface area contributed by atoms with Crippen molar-refractivity contribution in [3.8, 4) is 5.75 Å². The molecule has 2 aliphatic rings. The molecule has 0 saturated heterocycles. The van der Waals surface area contributed by atoms with Crippen molar-refractivity contribution in [3.63, 3.8) is 0 Å². The molecule has 0 bridgehead atoms. The molecular formula is C34H23Br2FN2O2S. The van der Waals surface area contributed by atoms with Crippen LogP contribution in [0.15, 0.2) is 115 Å². The Hall–Kier alpha value is -3.59. The van der Waals surface area contributed by atoms with Crippen molar-refractivity contribution in [1.82, 2.24) is 4.57 Å². The summed E-state index contributed by atoms with van der Waals surface area (Å²) in [6.45, 7) is 0.438. The largest absolute Gasteiger partial charge is 0.487 e. The first-order chi connectivity index (χ1) is 20.5. The highest BCUT2D eigenvalue weighted by atomic mass is 79.9. The predicted molar refractivity (Wildman–Crippen MR) is 172 cm³/mol. The first-order valence-electron chi connectivity index (χ1n) is 13.5. The van der Waals surface area contributed by atoms with Crippen LogP contribution in [0.4, 0.5) is 4.39 Å². The van der Waals surface area contributed by atoms with Gasteiger partial charge in [0.15, 0.2) is 4.80 Å². The van der Waals surface area contributed by atoms with Crippen molar-refractivity contribution in [2.24, 2.45) is 4.99 Å². The summed E-state index contributed by atoms with van der Waals surface area (Å²) >= 11 is 8.68. The highest BCUT2D eigenvalue weighted by Gasteiger charge is 2.32. The summed E-state index contributed by atoms with van der Waals surface area (Å²) in [5.74, 6) is 0.391. The second-order valence-corrected chi connectivity index (χ2v) is 13.0. The molecule has 7 rings (SSSR count). The molecule has 0 fully saturated rings. The quantitative estimate of drug-likeness (QED) is 0.190. The Morgan fingerprint density at radius 3 is 2.43 bits per heavy atom. The van der Waals surface area contributed by atoms with Crippen LogP contribution in [-0.4, -0.2) is 4.57 Å². The third-order valence-corrected chi connectivity index (χ3v) is 9.76. The lowest BCUT2D eigenvalue weighted by Crippen LogP contribution is -2.38. The Bertz CT molecular complexity index is 2030. The third kappa shape index (κ3) is 5.02. The first kappa shape index (κ1) is 27.3. The average Bonchev–Trinajstić information content (AvgIpc) is 3.30. The van der Waals surface area contributed by atoms with E-state index in [0.717, 1.165) is 55.3 Å². The lowest BCUT2D eigenvalue weighted by atomic mass is 9.83. The zero-order chi connectivity index (χ0) is 28.8. The van der Waals surface area contributed by atoms with E-state index in [-0.39, 0.29) is 17.4 Å². The molecule has 0 spiro atoms. The van der Waals surface area contributed by atoms with Crippen LogP contribution in [0.5, 0.6) is 5.75 Å². The van der Waals surface area contributed by atoms with Gasteiger partial charge in [-0.2, -0.15) is 0 Å². The minimum absolute atomic E-state index is 0.116. The number of thiazole rings is 1. The summed E-state index contributed by atoms with van der Waals surface area (Å²) < 4.78 is 23.9. The molecule has 1 atom stereocenters. The summed E-state index contributed by atoms with van der Waals surface area (Å²) in [5.41, 5.74) is 7.03. The van der Waals surface area contributed by atoms with Gasteiger partial charge in [-0.3, -0.25) is 9.36 Å². The SMILES string of the molecule is O=c1/c(=C/c2cc(Br)c(OCc3ccccc3)c(Br)c2)sc2n1[C@H](c1ccc(F)cc1)C1=C(N=2)c2ccccc2CC1. The van der Waals surface area contributed by atoms with Crippen molar-refractivity contribution in [2.75, 3.05) is 0 Å². The van der Waals surface area contributed by atoms with Gasteiger partial charge in [0.2, 0.25) is 0 Å². The Morgan fingerprint density at radius 1 is 0.952 bits per heavy atom. The number of aryl methyl sites for hydroxylation is 1. The molecule has 4 aromatic carbocycles. The van der Waals surface area contributed by atoms with E-state index in [4.69, 9.17) is 9.73 Å². The molecule has 0 radical (unpaired) electrons. The number of hydrogen-bond acceptors (Lipinski definition) is 4. The van der Waals surface area contributed by atoms with Gasteiger partial charge in [-0.25, -0.2) is 9.38 Å². The maximum Gasteiger partial charge on any atom is 0.271 e. The monoisotopic (exact) mass is 700 g/mol. The minimum Gasteiger partial charge on any atom is -0.487 e. The zero-order valence-electron chi connectivity index (χ0n) is 22.2. The molecule has 42 heavy (non-hydrogen) atoms. The van der Waals surface area contributed by atoms with Crippen molar-refractivity contribution in [1.29, 1.82) is 0 Å².